The molecule has 0 unspecified atom stereocenters. The highest BCUT2D eigenvalue weighted by Gasteiger charge is 2.12. The van der Waals surface area contributed by atoms with E-state index < -0.39 is 22.9 Å². The standard InChI is InChI=1S/C6H6N2O2.C5H9NO4/c7-5-1-3-6(4-2-5)8(9)10;6-3(5(9)10)1-2-4(7)8/h1-4H,7H2;3H,1-2,6H2,(H,7,8)(H,9,10)/t;3-/m.0/s1. The van der Waals surface area contributed by atoms with Crippen molar-refractivity contribution >= 4 is 23.3 Å². The number of carbonyl (C=O) groups is 2. The highest BCUT2D eigenvalue weighted by atomic mass is 16.6. The average Bonchev–Trinajstić information content (AvgIpc) is 2.37. The van der Waals surface area contributed by atoms with Gasteiger partial charge in [0.2, 0.25) is 0 Å². The second-order valence-corrected chi connectivity index (χ2v) is 3.73. The van der Waals surface area contributed by atoms with Crippen molar-refractivity contribution in [1.29, 1.82) is 0 Å². The van der Waals surface area contributed by atoms with E-state index in [4.69, 9.17) is 21.7 Å². The molecule has 9 heteroatoms. The lowest BCUT2D eigenvalue weighted by Gasteiger charge is -2.01. The van der Waals surface area contributed by atoms with Gasteiger partial charge in [-0.15, -0.1) is 0 Å². The Bertz CT molecular complexity index is 474. The third kappa shape index (κ3) is 7.61. The third-order valence-corrected chi connectivity index (χ3v) is 2.09. The molecule has 1 rings (SSSR count). The van der Waals surface area contributed by atoms with Crippen LogP contribution in [-0.4, -0.2) is 33.1 Å². The molecule has 20 heavy (non-hydrogen) atoms. The zero-order valence-corrected chi connectivity index (χ0v) is 10.4. The second kappa shape index (κ2) is 8.43. The smallest absolute Gasteiger partial charge is 0.320 e. The number of aliphatic carboxylic acids is 2. The predicted molar refractivity (Wildman–Crippen MR) is 70.0 cm³/mol. The summed E-state index contributed by atoms with van der Waals surface area (Å²) in [6.07, 6.45) is -0.224. The maximum absolute atomic E-state index is 10.1. The Labute approximate surface area is 114 Å². The Morgan fingerprint density at radius 2 is 1.75 bits per heavy atom. The molecule has 1 atom stereocenters. The van der Waals surface area contributed by atoms with E-state index in [0.717, 1.165) is 0 Å². The molecule has 0 radical (unpaired) electrons. The molecule has 0 aliphatic heterocycles. The van der Waals surface area contributed by atoms with E-state index in [9.17, 15) is 19.7 Å². The monoisotopic (exact) mass is 285 g/mol. The van der Waals surface area contributed by atoms with Crippen molar-refractivity contribution in [2.75, 3.05) is 5.73 Å². The summed E-state index contributed by atoms with van der Waals surface area (Å²) in [6.45, 7) is 0. The first-order chi connectivity index (χ1) is 9.23. The lowest BCUT2D eigenvalue weighted by Crippen LogP contribution is -2.30. The lowest BCUT2D eigenvalue weighted by molar-refractivity contribution is -0.384. The molecule has 1 aromatic rings. The molecule has 0 fully saturated rings. The summed E-state index contributed by atoms with van der Waals surface area (Å²) < 4.78 is 0. The minimum absolute atomic E-state index is 0.0231. The zero-order valence-electron chi connectivity index (χ0n) is 10.4. The van der Waals surface area contributed by atoms with Crippen LogP contribution >= 0.6 is 0 Å². The maximum Gasteiger partial charge on any atom is 0.320 e. The molecule has 6 N–H and O–H groups in total. The van der Waals surface area contributed by atoms with Gasteiger partial charge in [0.1, 0.15) is 6.04 Å². The van der Waals surface area contributed by atoms with E-state index >= 15 is 0 Å². The Hall–Kier alpha value is -2.68. The third-order valence-electron chi connectivity index (χ3n) is 2.09. The molecule has 0 heterocycles. The number of nitrogens with zero attached hydrogens (tertiary/aromatic N) is 1. The van der Waals surface area contributed by atoms with Crippen molar-refractivity contribution in [2.45, 2.75) is 18.9 Å². The molecular weight excluding hydrogens is 270 g/mol. The summed E-state index contributed by atoms with van der Waals surface area (Å²) >= 11 is 0. The van der Waals surface area contributed by atoms with Gasteiger partial charge in [-0.1, -0.05) is 0 Å². The lowest BCUT2D eigenvalue weighted by atomic mass is 10.2. The van der Waals surface area contributed by atoms with Crippen LogP contribution < -0.4 is 11.5 Å². The highest BCUT2D eigenvalue weighted by molar-refractivity contribution is 5.74. The Balaban J connectivity index is 0.000000361. The number of hydrogen-bond donors (Lipinski definition) is 4. The first-order valence-corrected chi connectivity index (χ1v) is 5.44. The number of benzene rings is 1. The van der Waals surface area contributed by atoms with Crippen molar-refractivity contribution in [3.05, 3.63) is 34.4 Å². The molecule has 0 aliphatic carbocycles. The Kier molecular flexibility index (Phi) is 7.30. The van der Waals surface area contributed by atoms with E-state index in [2.05, 4.69) is 0 Å². The number of non-ortho nitro benzene ring substituents is 1. The van der Waals surface area contributed by atoms with Gasteiger partial charge >= 0.3 is 11.9 Å². The van der Waals surface area contributed by atoms with Crippen LogP contribution in [0.3, 0.4) is 0 Å². The average molecular weight is 285 g/mol. The van der Waals surface area contributed by atoms with Crippen LogP contribution in [0.1, 0.15) is 12.8 Å². The zero-order chi connectivity index (χ0) is 15.7. The number of anilines is 1. The molecule has 0 bridgehead atoms. The number of nitro groups is 1. The molecule has 0 amide bonds. The van der Waals surface area contributed by atoms with Gasteiger partial charge in [0.05, 0.1) is 4.92 Å². The minimum Gasteiger partial charge on any atom is -0.481 e. The van der Waals surface area contributed by atoms with E-state index in [0.29, 0.717) is 5.69 Å². The largest absolute Gasteiger partial charge is 0.481 e. The van der Waals surface area contributed by atoms with Crippen molar-refractivity contribution < 1.29 is 24.7 Å². The van der Waals surface area contributed by atoms with E-state index in [1.807, 2.05) is 0 Å². The van der Waals surface area contributed by atoms with Crippen LogP contribution in [0.4, 0.5) is 11.4 Å². The van der Waals surface area contributed by atoms with Gasteiger partial charge in [-0.25, -0.2) is 0 Å². The van der Waals surface area contributed by atoms with Crippen LogP contribution in [0.2, 0.25) is 0 Å². The number of nitrogen functional groups attached to an aromatic ring is 1. The van der Waals surface area contributed by atoms with E-state index in [-0.39, 0.29) is 18.5 Å². The minimum atomic E-state index is -1.17. The number of carboxylic acids is 2. The van der Waals surface area contributed by atoms with Gasteiger partial charge < -0.3 is 21.7 Å². The first kappa shape index (κ1) is 17.3. The Morgan fingerprint density at radius 1 is 1.25 bits per heavy atom. The van der Waals surface area contributed by atoms with Gasteiger partial charge in [-0.05, 0) is 18.6 Å². The molecule has 9 nitrogen and oxygen atoms in total. The van der Waals surface area contributed by atoms with Crippen LogP contribution in [-0.2, 0) is 9.59 Å². The number of rotatable bonds is 5. The van der Waals surface area contributed by atoms with Gasteiger partial charge in [-0.2, -0.15) is 0 Å². The van der Waals surface area contributed by atoms with Gasteiger partial charge in [-0.3, -0.25) is 19.7 Å². The first-order valence-electron chi connectivity index (χ1n) is 5.44. The van der Waals surface area contributed by atoms with Crippen molar-refractivity contribution in [3.8, 4) is 0 Å². The van der Waals surface area contributed by atoms with E-state index in [1.54, 1.807) is 0 Å². The SMILES string of the molecule is N[C@@H](CCC(=O)O)C(=O)O.Nc1ccc([N+](=O)[O-])cc1. The summed E-state index contributed by atoms with van der Waals surface area (Å²) in [5, 5.41) is 26.3. The molecule has 0 saturated carbocycles. The van der Waals surface area contributed by atoms with Crippen molar-refractivity contribution in [1.82, 2.24) is 0 Å². The molecular formula is C11H15N3O6. The van der Waals surface area contributed by atoms with Crippen molar-refractivity contribution in [2.24, 2.45) is 5.73 Å². The number of carboxylic acid groups (broad SMARTS) is 2. The molecule has 0 aliphatic rings. The fourth-order valence-corrected chi connectivity index (χ4v) is 0.998. The Morgan fingerprint density at radius 3 is 2.10 bits per heavy atom. The molecule has 110 valence electrons. The van der Waals surface area contributed by atoms with Gasteiger partial charge in [0, 0.05) is 24.2 Å². The van der Waals surface area contributed by atoms with Crippen LogP contribution in [0.5, 0.6) is 0 Å². The molecule has 0 saturated heterocycles. The summed E-state index contributed by atoms with van der Waals surface area (Å²) in [6, 6.07) is 4.68. The second-order valence-electron chi connectivity index (χ2n) is 3.73. The normalized spacial score (nSPS) is 10.8. The van der Waals surface area contributed by atoms with Crippen LogP contribution in [0.25, 0.3) is 0 Å². The van der Waals surface area contributed by atoms with Crippen LogP contribution in [0.15, 0.2) is 24.3 Å². The molecule has 0 spiro atoms. The fourth-order valence-electron chi connectivity index (χ4n) is 0.998. The molecule has 1 aromatic carbocycles. The van der Waals surface area contributed by atoms with Crippen LogP contribution in [0, 0.1) is 10.1 Å². The summed E-state index contributed by atoms with van der Waals surface area (Å²) in [7, 11) is 0. The highest BCUT2D eigenvalue weighted by Crippen LogP contribution is 2.12. The van der Waals surface area contributed by atoms with Crippen molar-refractivity contribution in [3.63, 3.8) is 0 Å². The summed E-state index contributed by atoms with van der Waals surface area (Å²) in [5.41, 5.74) is 10.9. The number of nitro benzene ring substituents is 1. The van der Waals surface area contributed by atoms with Gasteiger partial charge in [0.15, 0.2) is 0 Å². The van der Waals surface area contributed by atoms with E-state index in [1.165, 1.54) is 24.3 Å². The van der Waals surface area contributed by atoms with Gasteiger partial charge in [0.25, 0.3) is 5.69 Å². The summed E-state index contributed by atoms with van der Waals surface area (Å²) in [5.74, 6) is -2.20. The number of nitrogens with two attached hydrogens (primary N) is 2. The molecule has 0 aromatic heterocycles. The predicted octanol–water partition coefficient (Wildman–Crippen LogP) is 0.440. The quantitative estimate of drug-likeness (QED) is 0.343. The number of hydrogen-bond acceptors (Lipinski definition) is 6. The maximum atomic E-state index is 10.1. The topological polar surface area (TPSA) is 170 Å². The summed E-state index contributed by atoms with van der Waals surface area (Å²) in [4.78, 5) is 29.5. The fraction of sp³-hybridized carbons (Fsp3) is 0.273.